The van der Waals surface area contributed by atoms with Gasteiger partial charge in [-0.1, -0.05) is 91.0 Å². The lowest BCUT2D eigenvalue weighted by Crippen LogP contribution is -1.98. The number of benzene rings is 5. The van der Waals surface area contributed by atoms with E-state index in [1.165, 1.54) is 0 Å². The molecule has 0 N–H and O–H groups in total. The lowest BCUT2D eigenvalue weighted by molar-refractivity contribution is 1.17. The smallest absolute Gasteiger partial charge is 0.161 e. The Labute approximate surface area is 332 Å². The van der Waals surface area contributed by atoms with Crippen molar-refractivity contribution in [3.05, 3.63) is 183 Å². The minimum absolute atomic E-state index is 0.573. The molecule has 11 aromatic rings. The number of nitrogens with zero attached hydrogens (tertiary/aromatic N) is 8. The summed E-state index contributed by atoms with van der Waals surface area (Å²) in [6.45, 7) is 0. The van der Waals surface area contributed by atoms with Crippen molar-refractivity contribution in [2.45, 2.75) is 0 Å². The van der Waals surface area contributed by atoms with Crippen LogP contribution in [0.3, 0.4) is 0 Å². The van der Waals surface area contributed by atoms with Crippen LogP contribution in [-0.2, 0) is 0 Å². The molecule has 8 nitrogen and oxygen atoms in total. The van der Waals surface area contributed by atoms with Gasteiger partial charge >= 0.3 is 0 Å². The lowest BCUT2D eigenvalue weighted by atomic mass is 10.0. The lowest BCUT2D eigenvalue weighted by Gasteiger charge is -2.12. The molecule has 0 aliphatic heterocycles. The van der Waals surface area contributed by atoms with Crippen LogP contribution in [0, 0.1) is 0 Å². The van der Waals surface area contributed by atoms with E-state index in [4.69, 9.17) is 39.9 Å². The van der Waals surface area contributed by atoms with Crippen molar-refractivity contribution < 1.29 is 0 Å². The second-order valence-electron chi connectivity index (χ2n) is 14.2. The van der Waals surface area contributed by atoms with E-state index in [0.717, 1.165) is 99.8 Å². The summed E-state index contributed by atoms with van der Waals surface area (Å²) in [5.74, 6) is 1.15. The highest BCUT2D eigenvalue weighted by Crippen LogP contribution is 2.34. The topological polar surface area (TPSA) is 103 Å². The van der Waals surface area contributed by atoms with E-state index in [0.29, 0.717) is 11.6 Å². The molecule has 8 heteroatoms. The van der Waals surface area contributed by atoms with Gasteiger partial charge in [0.2, 0.25) is 0 Å². The number of rotatable bonds is 6. The SMILES string of the molecule is c1cc(-c2cc(-c3cnc4ccccc4c3)nc(-c3cnc4ccccc4c3)n2)cc(-c2cc(-c3cnc4ccccc4c3)nc(-c3cnc4ccccc4c3)n2)c1. The van der Waals surface area contributed by atoms with E-state index in [2.05, 4.69) is 66.7 Å². The van der Waals surface area contributed by atoms with Gasteiger partial charge in [-0.25, -0.2) is 19.9 Å². The van der Waals surface area contributed by atoms with Crippen molar-refractivity contribution in [3.8, 4) is 67.8 Å². The maximum atomic E-state index is 5.17. The number of aromatic nitrogens is 8. The molecule has 11 rings (SSSR count). The molecule has 0 saturated carbocycles. The van der Waals surface area contributed by atoms with Crippen molar-refractivity contribution >= 4 is 43.6 Å². The number of pyridine rings is 4. The summed E-state index contributed by atoms with van der Waals surface area (Å²) in [4.78, 5) is 39.6. The van der Waals surface area contributed by atoms with Crippen LogP contribution < -0.4 is 0 Å². The maximum Gasteiger partial charge on any atom is 0.161 e. The molecule has 0 amide bonds. The standard InChI is InChI=1S/C50H30N8/c1-5-16-41-31(10-1)21-37(27-51-41)47-25-45(55-49(57-47)39-23-33-12-3-7-18-43(33)53-29-39)35-14-9-15-36(20-35)46-26-48(38-22-32-11-2-6-17-42(32)52-28-38)58-50(56-46)40-24-34-13-4-8-19-44(34)54-30-40/h1-30H. The summed E-state index contributed by atoms with van der Waals surface area (Å²) >= 11 is 0. The Morgan fingerprint density at radius 3 is 0.931 bits per heavy atom. The third kappa shape index (κ3) is 6.24. The Kier molecular flexibility index (Phi) is 7.96. The van der Waals surface area contributed by atoms with Crippen molar-refractivity contribution in [1.29, 1.82) is 0 Å². The van der Waals surface area contributed by atoms with Gasteiger partial charge in [0.25, 0.3) is 0 Å². The first-order valence-corrected chi connectivity index (χ1v) is 19.0. The quantitative estimate of drug-likeness (QED) is 0.166. The van der Waals surface area contributed by atoms with Crippen molar-refractivity contribution in [2.24, 2.45) is 0 Å². The summed E-state index contributed by atoms with van der Waals surface area (Å²) in [5, 5.41) is 4.11. The summed E-state index contributed by atoms with van der Waals surface area (Å²) < 4.78 is 0. The number of hydrogen-bond donors (Lipinski definition) is 0. The molecule has 0 bridgehead atoms. The monoisotopic (exact) mass is 742 g/mol. The van der Waals surface area contributed by atoms with E-state index < -0.39 is 0 Å². The van der Waals surface area contributed by atoms with Crippen molar-refractivity contribution in [2.75, 3.05) is 0 Å². The zero-order chi connectivity index (χ0) is 38.4. The Morgan fingerprint density at radius 1 is 0.241 bits per heavy atom. The van der Waals surface area contributed by atoms with Crippen LogP contribution in [0.1, 0.15) is 0 Å². The summed E-state index contributed by atoms with van der Waals surface area (Å²) in [5.41, 5.74) is 12.0. The van der Waals surface area contributed by atoms with Gasteiger partial charge in [-0.05, 0) is 66.7 Å². The molecule has 270 valence electrons. The van der Waals surface area contributed by atoms with E-state index in [9.17, 15) is 0 Å². The van der Waals surface area contributed by atoms with Crippen LogP contribution >= 0.6 is 0 Å². The third-order valence-electron chi connectivity index (χ3n) is 10.4. The fraction of sp³-hybridized carbons (Fsp3) is 0. The predicted octanol–water partition coefficient (Wildman–Crippen LogP) is 11.5. The average Bonchev–Trinajstić information content (AvgIpc) is 3.30. The molecule has 0 atom stereocenters. The summed E-state index contributed by atoms with van der Waals surface area (Å²) in [7, 11) is 0. The van der Waals surface area contributed by atoms with Crippen LogP contribution in [-0.4, -0.2) is 39.9 Å². The number of para-hydroxylation sites is 4. The van der Waals surface area contributed by atoms with E-state index >= 15 is 0 Å². The second kappa shape index (κ2) is 13.9. The Hall–Kier alpha value is -8.10. The Bertz CT molecular complexity index is 2960. The average molecular weight is 743 g/mol. The van der Waals surface area contributed by atoms with Crippen LogP contribution in [0.4, 0.5) is 0 Å². The van der Waals surface area contributed by atoms with E-state index in [1.807, 2.05) is 116 Å². The molecular weight excluding hydrogens is 713 g/mol. The van der Waals surface area contributed by atoms with Gasteiger partial charge in [-0.2, -0.15) is 0 Å². The largest absolute Gasteiger partial charge is 0.256 e. The molecule has 0 radical (unpaired) electrons. The maximum absolute atomic E-state index is 5.17. The molecule has 5 aromatic carbocycles. The van der Waals surface area contributed by atoms with Gasteiger partial charge in [0, 0.05) is 79.7 Å². The van der Waals surface area contributed by atoms with Crippen molar-refractivity contribution in [1.82, 2.24) is 39.9 Å². The number of hydrogen-bond acceptors (Lipinski definition) is 8. The zero-order valence-corrected chi connectivity index (χ0v) is 30.9. The normalized spacial score (nSPS) is 11.4. The van der Waals surface area contributed by atoms with Gasteiger partial charge in [-0.15, -0.1) is 0 Å². The van der Waals surface area contributed by atoms with Gasteiger partial charge in [0.05, 0.1) is 44.8 Å². The molecule has 0 fully saturated rings. The highest BCUT2D eigenvalue weighted by Gasteiger charge is 2.16. The highest BCUT2D eigenvalue weighted by atomic mass is 14.9. The summed E-state index contributed by atoms with van der Waals surface area (Å²) in [6, 6.07) is 53.1. The molecule has 6 heterocycles. The Morgan fingerprint density at radius 2 is 0.552 bits per heavy atom. The van der Waals surface area contributed by atoms with Crippen LogP contribution in [0.25, 0.3) is 111 Å². The fourth-order valence-electron chi connectivity index (χ4n) is 7.39. The van der Waals surface area contributed by atoms with Gasteiger partial charge < -0.3 is 0 Å². The first-order valence-electron chi connectivity index (χ1n) is 19.0. The van der Waals surface area contributed by atoms with Gasteiger partial charge in [0.15, 0.2) is 11.6 Å². The van der Waals surface area contributed by atoms with E-state index in [-0.39, 0.29) is 0 Å². The second-order valence-corrected chi connectivity index (χ2v) is 14.2. The minimum Gasteiger partial charge on any atom is -0.256 e. The molecule has 0 aliphatic rings. The first kappa shape index (κ1) is 33.3. The first-order chi connectivity index (χ1) is 28.7. The predicted molar refractivity (Wildman–Crippen MR) is 231 cm³/mol. The molecular formula is C50H30N8. The zero-order valence-electron chi connectivity index (χ0n) is 30.9. The third-order valence-corrected chi connectivity index (χ3v) is 10.4. The number of fused-ring (bicyclic) bond motifs is 4. The molecule has 0 unspecified atom stereocenters. The molecule has 6 aromatic heterocycles. The van der Waals surface area contributed by atoms with Crippen LogP contribution in [0.5, 0.6) is 0 Å². The summed E-state index contributed by atoms with van der Waals surface area (Å²) in [6.07, 6.45) is 7.43. The minimum atomic E-state index is 0.573. The van der Waals surface area contributed by atoms with Crippen molar-refractivity contribution in [3.63, 3.8) is 0 Å². The Balaban J connectivity index is 1.07. The molecule has 0 saturated heterocycles. The van der Waals surface area contributed by atoms with Gasteiger partial charge in [0.1, 0.15) is 0 Å². The molecule has 0 aliphatic carbocycles. The molecule has 0 spiro atoms. The van der Waals surface area contributed by atoms with E-state index in [1.54, 1.807) is 0 Å². The molecule has 58 heavy (non-hydrogen) atoms. The fourth-order valence-corrected chi connectivity index (χ4v) is 7.39. The van der Waals surface area contributed by atoms with Crippen LogP contribution in [0.15, 0.2) is 183 Å². The van der Waals surface area contributed by atoms with Crippen LogP contribution in [0.2, 0.25) is 0 Å². The highest BCUT2D eigenvalue weighted by molar-refractivity contribution is 5.88. The van der Waals surface area contributed by atoms with Gasteiger partial charge in [-0.3, -0.25) is 19.9 Å².